The molecular formula is C15H20N6O. The first-order chi connectivity index (χ1) is 10.5. The van der Waals surface area contributed by atoms with Gasteiger partial charge in [0.25, 0.3) is 0 Å². The zero-order chi connectivity index (χ0) is 15.9. The fraction of sp³-hybridized carbons (Fsp3) is 0.467. The van der Waals surface area contributed by atoms with E-state index in [1.165, 1.54) is 0 Å². The number of amides is 1. The summed E-state index contributed by atoms with van der Waals surface area (Å²) in [5.41, 5.74) is 3.89. The first-order valence-corrected chi connectivity index (χ1v) is 7.30. The second-order valence-corrected chi connectivity index (χ2v) is 5.65. The molecule has 1 saturated heterocycles. The molecule has 0 N–H and O–H groups in total. The van der Waals surface area contributed by atoms with Crippen LogP contribution >= 0.6 is 0 Å². The largest absolute Gasteiger partial charge is 0.342 e. The van der Waals surface area contributed by atoms with E-state index in [4.69, 9.17) is 0 Å². The van der Waals surface area contributed by atoms with Gasteiger partial charge in [0, 0.05) is 44.6 Å². The van der Waals surface area contributed by atoms with E-state index in [-0.39, 0.29) is 5.91 Å². The Bertz CT molecular complexity index is 723. The standard InChI is InChI=1S/C15H20N6O/c1-10-14(11(2)20(4)18-10)12-5-6-16-15(17-12)21-8-7-19(3)13(22)9-21/h5-6H,7-9H2,1-4H3. The van der Waals surface area contributed by atoms with Gasteiger partial charge in [0.05, 0.1) is 17.9 Å². The Labute approximate surface area is 129 Å². The van der Waals surface area contributed by atoms with Crippen molar-refractivity contribution < 1.29 is 4.79 Å². The van der Waals surface area contributed by atoms with E-state index < -0.39 is 0 Å². The van der Waals surface area contributed by atoms with Crippen molar-refractivity contribution in [1.29, 1.82) is 0 Å². The molecule has 1 aliphatic rings. The first-order valence-electron chi connectivity index (χ1n) is 7.30. The smallest absolute Gasteiger partial charge is 0.242 e. The van der Waals surface area contributed by atoms with Gasteiger partial charge in [-0.25, -0.2) is 9.97 Å². The van der Waals surface area contributed by atoms with Gasteiger partial charge in [0.15, 0.2) is 0 Å². The van der Waals surface area contributed by atoms with Crippen molar-refractivity contribution in [1.82, 2.24) is 24.6 Å². The maximum atomic E-state index is 11.9. The second kappa shape index (κ2) is 5.40. The number of carbonyl (C=O) groups is 1. The summed E-state index contributed by atoms with van der Waals surface area (Å²) in [6.45, 7) is 5.76. The summed E-state index contributed by atoms with van der Waals surface area (Å²) in [4.78, 5) is 24.5. The minimum atomic E-state index is 0.0917. The zero-order valence-electron chi connectivity index (χ0n) is 13.4. The van der Waals surface area contributed by atoms with Crippen molar-refractivity contribution in [2.75, 3.05) is 31.6 Å². The number of piperazine rings is 1. The average Bonchev–Trinajstić information content (AvgIpc) is 2.75. The summed E-state index contributed by atoms with van der Waals surface area (Å²) in [6.07, 6.45) is 1.74. The molecule has 3 rings (SSSR count). The lowest BCUT2D eigenvalue weighted by atomic mass is 10.1. The third-order valence-corrected chi connectivity index (χ3v) is 4.15. The Morgan fingerprint density at radius 1 is 1.18 bits per heavy atom. The molecule has 0 spiro atoms. The lowest BCUT2D eigenvalue weighted by Crippen LogP contribution is -2.49. The molecule has 0 unspecified atom stereocenters. The van der Waals surface area contributed by atoms with Crippen molar-refractivity contribution in [2.24, 2.45) is 7.05 Å². The number of aryl methyl sites for hydroxylation is 2. The van der Waals surface area contributed by atoms with Crippen LogP contribution in [0.25, 0.3) is 11.3 Å². The molecule has 0 atom stereocenters. The molecule has 116 valence electrons. The van der Waals surface area contributed by atoms with Crippen LogP contribution in [0.3, 0.4) is 0 Å². The van der Waals surface area contributed by atoms with Crippen LogP contribution in [0.15, 0.2) is 12.3 Å². The van der Waals surface area contributed by atoms with Gasteiger partial charge in [0.2, 0.25) is 11.9 Å². The number of hydrogen-bond donors (Lipinski definition) is 0. The number of carbonyl (C=O) groups excluding carboxylic acids is 1. The summed E-state index contributed by atoms with van der Waals surface area (Å²) in [7, 11) is 3.74. The van der Waals surface area contributed by atoms with Crippen LogP contribution in [-0.4, -0.2) is 57.2 Å². The van der Waals surface area contributed by atoms with Gasteiger partial charge < -0.3 is 9.80 Å². The van der Waals surface area contributed by atoms with Crippen LogP contribution in [0.1, 0.15) is 11.4 Å². The maximum absolute atomic E-state index is 11.9. The zero-order valence-corrected chi connectivity index (χ0v) is 13.4. The fourth-order valence-electron chi connectivity index (χ4n) is 2.71. The number of likely N-dealkylation sites (N-methyl/N-ethyl adjacent to an activating group) is 1. The quantitative estimate of drug-likeness (QED) is 0.819. The van der Waals surface area contributed by atoms with Crippen LogP contribution in [0.5, 0.6) is 0 Å². The Morgan fingerprint density at radius 3 is 2.59 bits per heavy atom. The van der Waals surface area contributed by atoms with E-state index in [0.717, 1.165) is 29.2 Å². The molecule has 0 radical (unpaired) electrons. The second-order valence-electron chi connectivity index (χ2n) is 5.65. The topological polar surface area (TPSA) is 67.2 Å². The van der Waals surface area contributed by atoms with E-state index in [9.17, 15) is 4.79 Å². The number of aromatic nitrogens is 4. The van der Waals surface area contributed by atoms with E-state index in [2.05, 4.69) is 15.1 Å². The predicted octanol–water partition coefficient (Wildman–Crippen LogP) is 0.772. The average molecular weight is 300 g/mol. The number of hydrogen-bond acceptors (Lipinski definition) is 5. The number of anilines is 1. The van der Waals surface area contributed by atoms with Crippen LogP contribution in [-0.2, 0) is 11.8 Å². The summed E-state index contributed by atoms with van der Waals surface area (Å²) in [6, 6.07) is 1.89. The van der Waals surface area contributed by atoms with Crippen LogP contribution in [0, 0.1) is 13.8 Å². The molecule has 2 aromatic rings. The third-order valence-electron chi connectivity index (χ3n) is 4.15. The highest BCUT2D eigenvalue weighted by Crippen LogP contribution is 2.25. The van der Waals surface area contributed by atoms with Gasteiger partial charge in [0.1, 0.15) is 0 Å². The Morgan fingerprint density at radius 2 is 1.95 bits per heavy atom. The highest BCUT2D eigenvalue weighted by Gasteiger charge is 2.23. The third kappa shape index (κ3) is 2.43. The SMILES string of the molecule is Cc1nn(C)c(C)c1-c1ccnc(N2CCN(C)C(=O)C2)n1. The van der Waals surface area contributed by atoms with E-state index >= 15 is 0 Å². The fourth-order valence-corrected chi connectivity index (χ4v) is 2.71. The van der Waals surface area contributed by atoms with Gasteiger partial charge in [-0.1, -0.05) is 0 Å². The Hall–Kier alpha value is -2.44. The summed E-state index contributed by atoms with van der Waals surface area (Å²) in [5, 5.41) is 4.43. The molecule has 1 aliphatic heterocycles. The molecular weight excluding hydrogens is 280 g/mol. The van der Waals surface area contributed by atoms with E-state index in [1.807, 2.05) is 43.6 Å². The summed E-state index contributed by atoms with van der Waals surface area (Å²) >= 11 is 0. The summed E-state index contributed by atoms with van der Waals surface area (Å²) in [5.74, 6) is 0.690. The molecule has 3 heterocycles. The van der Waals surface area contributed by atoms with Crippen molar-refractivity contribution in [3.63, 3.8) is 0 Å². The normalized spacial score (nSPS) is 15.5. The van der Waals surface area contributed by atoms with Gasteiger partial charge >= 0.3 is 0 Å². The summed E-state index contributed by atoms with van der Waals surface area (Å²) < 4.78 is 1.85. The van der Waals surface area contributed by atoms with Crippen molar-refractivity contribution in [3.05, 3.63) is 23.7 Å². The lowest BCUT2D eigenvalue weighted by Gasteiger charge is -2.31. The van der Waals surface area contributed by atoms with Gasteiger partial charge in [-0.2, -0.15) is 5.10 Å². The number of rotatable bonds is 2. The highest BCUT2D eigenvalue weighted by atomic mass is 16.2. The minimum absolute atomic E-state index is 0.0917. The van der Waals surface area contributed by atoms with Crippen LogP contribution in [0.2, 0.25) is 0 Å². The molecule has 0 saturated carbocycles. The molecule has 22 heavy (non-hydrogen) atoms. The predicted molar refractivity (Wildman–Crippen MR) is 83.6 cm³/mol. The maximum Gasteiger partial charge on any atom is 0.242 e. The molecule has 0 aliphatic carbocycles. The van der Waals surface area contributed by atoms with Crippen LogP contribution in [0.4, 0.5) is 5.95 Å². The molecule has 1 fully saturated rings. The van der Waals surface area contributed by atoms with Gasteiger partial charge in [-0.05, 0) is 19.9 Å². The van der Waals surface area contributed by atoms with Crippen molar-refractivity contribution >= 4 is 11.9 Å². The number of nitrogens with zero attached hydrogens (tertiary/aromatic N) is 6. The molecule has 7 nitrogen and oxygen atoms in total. The van der Waals surface area contributed by atoms with Crippen molar-refractivity contribution in [3.8, 4) is 11.3 Å². The highest BCUT2D eigenvalue weighted by molar-refractivity contribution is 5.82. The molecule has 0 bridgehead atoms. The molecule has 2 aromatic heterocycles. The van der Waals surface area contributed by atoms with Crippen LogP contribution < -0.4 is 4.90 Å². The monoisotopic (exact) mass is 300 g/mol. The van der Waals surface area contributed by atoms with E-state index in [0.29, 0.717) is 19.0 Å². The first kappa shape index (κ1) is 14.5. The molecule has 0 aromatic carbocycles. The molecule has 1 amide bonds. The van der Waals surface area contributed by atoms with Crippen molar-refractivity contribution in [2.45, 2.75) is 13.8 Å². The Balaban J connectivity index is 1.95. The minimum Gasteiger partial charge on any atom is -0.342 e. The van der Waals surface area contributed by atoms with Gasteiger partial charge in [-0.3, -0.25) is 9.48 Å². The van der Waals surface area contributed by atoms with Gasteiger partial charge in [-0.15, -0.1) is 0 Å². The molecule has 7 heteroatoms. The Kier molecular flexibility index (Phi) is 3.56. The van der Waals surface area contributed by atoms with E-state index in [1.54, 1.807) is 11.1 Å². The lowest BCUT2D eigenvalue weighted by molar-refractivity contribution is -0.129.